The van der Waals surface area contributed by atoms with Crippen molar-refractivity contribution in [1.82, 2.24) is 10.2 Å². The van der Waals surface area contributed by atoms with Crippen LogP contribution in [0, 0.1) is 0 Å². The van der Waals surface area contributed by atoms with E-state index in [0.29, 0.717) is 11.3 Å². The molecule has 1 saturated heterocycles. The molecule has 210 valence electrons. The number of rotatable bonds is 10. The van der Waals surface area contributed by atoms with Crippen molar-refractivity contribution in [3.05, 3.63) is 118 Å². The standard InChI is InChI=1S/C31H28N2O6S2/c1-2-38-25(35)16-15-22-19-41-30-26(32-24(34)18-23-14-9-17-40-23)29(36)33(30)27(22)31(37)39-28(20-10-5-3-6-11-20)21-12-7-4-8-13-21/h3-17,26,28,30H,2,18-19H2,1H3,(H,32,34)/t26?,30-/m1/s1. The lowest BCUT2D eigenvalue weighted by molar-refractivity contribution is -0.154. The van der Waals surface area contributed by atoms with E-state index in [9.17, 15) is 19.2 Å². The van der Waals surface area contributed by atoms with Gasteiger partial charge >= 0.3 is 11.9 Å². The van der Waals surface area contributed by atoms with Crippen LogP contribution in [0.4, 0.5) is 0 Å². The number of amides is 2. The summed E-state index contributed by atoms with van der Waals surface area (Å²) in [4.78, 5) is 54.3. The van der Waals surface area contributed by atoms with E-state index in [1.165, 1.54) is 40.2 Å². The number of esters is 2. The number of nitrogens with one attached hydrogen (secondary N) is 1. The third kappa shape index (κ3) is 6.44. The second-order valence-corrected chi connectivity index (χ2v) is 11.4. The molecular weight excluding hydrogens is 560 g/mol. The number of allylic oxidation sites excluding steroid dienone is 1. The number of carbonyl (C=O) groups is 4. The Balaban J connectivity index is 1.43. The summed E-state index contributed by atoms with van der Waals surface area (Å²) in [5.41, 5.74) is 2.05. The summed E-state index contributed by atoms with van der Waals surface area (Å²) in [6, 6.07) is 21.6. The molecule has 2 aliphatic rings. The van der Waals surface area contributed by atoms with Gasteiger partial charge in [0.1, 0.15) is 17.1 Å². The quantitative estimate of drug-likeness (QED) is 0.213. The lowest BCUT2D eigenvalue weighted by atomic mass is 10.0. The van der Waals surface area contributed by atoms with E-state index in [0.717, 1.165) is 16.0 Å². The summed E-state index contributed by atoms with van der Waals surface area (Å²) >= 11 is 2.87. The molecule has 1 aromatic heterocycles. The average molecular weight is 589 g/mol. The third-order valence-electron chi connectivity index (χ3n) is 6.56. The molecule has 1 N–H and O–H groups in total. The molecule has 5 rings (SSSR count). The van der Waals surface area contributed by atoms with Crippen LogP contribution >= 0.6 is 23.1 Å². The summed E-state index contributed by atoms with van der Waals surface area (Å²) in [7, 11) is 0. The molecule has 2 atom stereocenters. The number of hydrogen-bond donors (Lipinski definition) is 1. The summed E-state index contributed by atoms with van der Waals surface area (Å²) < 4.78 is 11.1. The molecule has 0 radical (unpaired) electrons. The Bertz CT molecular complexity index is 1430. The van der Waals surface area contributed by atoms with Crippen LogP contribution in [0.3, 0.4) is 0 Å². The number of carbonyl (C=O) groups excluding carboxylic acids is 4. The van der Waals surface area contributed by atoms with Gasteiger partial charge in [-0.15, -0.1) is 23.1 Å². The van der Waals surface area contributed by atoms with Crippen molar-refractivity contribution in [2.45, 2.75) is 30.9 Å². The summed E-state index contributed by atoms with van der Waals surface area (Å²) in [5, 5.41) is 4.23. The fourth-order valence-corrected chi connectivity index (χ4v) is 6.68. The number of β-lactam (4-membered cyclic amide) rings is 1. The zero-order valence-electron chi connectivity index (χ0n) is 22.2. The average Bonchev–Trinajstić information content (AvgIpc) is 3.51. The Morgan fingerprint density at radius 3 is 2.32 bits per heavy atom. The zero-order chi connectivity index (χ0) is 28.8. The third-order valence-corrected chi connectivity index (χ3v) is 8.74. The fraction of sp³-hybridized carbons (Fsp3) is 0.226. The Hall–Kier alpha value is -4.15. The molecule has 3 aromatic rings. The SMILES string of the molecule is CCOC(=O)C=CC1=C(C(=O)OC(c2ccccc2)c2ccccc2)N2C(=O)C(NC(=O)Cc3cccs3)[C@H]2SC1. The highest BCUT2D eigenvalue weighted by Gasteiger charge is 2.54. The maximum absolute atomic E-state index is 13.9. The van der Waals surface area contributed by atoms with Gasteiger partial charge in [0.2, 0.25) is 5.91 Å². The van der Waals surface area contributed by atoms with Crippen LogP contribution in [0.5, 0.6) is 0 Å². The molecule has 8 nitrogen and oxygen atoms in total. The van der Waals surface area contributed by atoms with E-state index in [2.05, 4.69) is 5.32 Å². The van der Waals surface area contributed by atoms with Gasteiger partial charge in [-0.25, -0.2) is 9.59 Å². The van der Waals surface area contributed by atoms with E-state index in [1.54, 1.807) is 6.92 Å². The predicted octanol–water partition coefficient (Wildman–Crippen LogP) is 4.40. The minimum absolute atomic E-state index is 0.0555. The van der Waals surface area contributed by atoms with Gasteiger partial charge in [0, 0.05) is 16.7 Å². The molecule has 3 heterocycles. The number of ether oxygens (including phenoxy) is 2. The highest BCUT2D eigenvalue weighted by atomic mass is 32.2. The van der Waals surface area contributed by atoms with E-state index in [1.807, 2.05) is 78.2 Å². The number of fused-ring (bicyclic) bond motifs is 1. The van der Waals surface area contributed by atoms with E-state index < -0.39 is 35.4 Å². The summed E-state index contributed by atoms with van der Waals surface area (Å²) in [5.74, 6) is -1.60. The highest BCUT2D eigenvalue weighted by molar-refractivity contribution is 8.00. The molecule has 41 heavy (non-hydrogen) atoms. The monoisotopic (exact) mass is 588 g/mol. The van der Waals surface area contributed by atoms with Crippen LogP contribution in [0.25, 0.3) is 0 Å². The molecule has 10 heteroatoms. The van der Waals surface area contributed by atoms with Crippen LogP contribution in [-0.4, -0.2) is 52.4 Å². The van der Waals surface area contributed by atoms with Gasteiger partial charge < -0.3 is 14.8 Å². The second-order valence-electron chi connectivity index (χ2n) is 9.28. The molecule has 0 aliphatic carbocycles. The predicted molar refractivity (Wildman–Crippen MR) is 157 cm³/mol. The number of nitrogens with zero attached hydrogens (tertiary/aromatic N) is 1. The van der Waals surface area contributed by atoms with Gasteiger partial charge in [0.25, 0.3) is 5.91 Å². The molecule has 0 bridgehead atoms. The maximum atomic E-state index is 13.9. The van der Waals surface area contributed by atoms with Crippen LogP contribution in [-0.2, 0) is 35.1 Å². The first-order valence-electron chi connectivity index (χ1n) is 13.1. The molecule has 2 aliphatic heterocycles. The molecule has 2 amide bonds. The number of thiophene rings is 1. The lowest BCUT2D eigenvalue weighted by Crippen LogP contribution is -2.70. The first-order valence-corrected chi connectivity index (χ1v) is 15.0. The van der Waals surface area contributed by atoms with Crippen molar-refractivity contribution in [3.63, 3.8) is 0 Å². The number of hydrogen-bond acceptors (Lipinski definition) is 8. The number of benzene rings is 2. The largest absolute Gasteiger partial charge is 0.463 e. The Morgan fingerprint density at radius 2 is 1.71 bits per heavy atom. The molecule has 1 unspecified atom stereocenters. The van der Waals surface area contributed by atoms with Crippen molar-refractivity contribution < 1.29 is 28.7 Å². The zero-order valence-corrected chi connectivity index (χ0v) is 23.9. The van der Waals surface area contributed by atoms with Crippen molar-refractivity contribution >= 4 is 46.9 Å². The number of thioether (sulfide) groups is 1. The first kappa shape index (κ1) is 28.4. The Labute approximate surface area is 246 Å². The van der Waals surface area contributed by atoms with Crippen LogP contribution in [0.2, 0.25) is 0 Å². The van der Waals surface area contributed by atoms with Crippen molar-refractivity contribution in [3.8, 4) is 0 Å². The van der Waals surface area contributed by atoms with Crippen molar-refractivity contribution in [2.75, 3.05) is 12.4 Å². The van der Waals surface area contributed by atoms with Gasteiger partial charge in [-0.1, -0.05) is 66.7 Å². The smallest absolute Gasteiger partial charge is 0.356 e. The molecule has 1 fully saturated rings. The maximum Gasteiger partial charge on any atom is 0.356 e. The van der Waals surface area contributed by atoms with Crippen molar-refractivity contribution in [1.29, 1.82) is 0 Å². The van der Waals surface area contributed by atoms with Gasteiger partial charge in [-0.3, -0.25) is 14.5 Å². The van der Waals surface area contributed by atoms with Crippen LogP contribution in [0.1, 0.15) is 29.0 Å². The van der Waals surface area contributed by atoms with Crippen LogP contribution in [0.15, 0.2) is 102 Å². The molecule has 0 saturated carbocycles. The van der Waals surface area contributed by atoms with E-state index in [-0.39, 0.29) is 24.6 Å². The lowest BCUT2D eigenvalue weighted by Gasteiger charge is -2.49. The first-order chi connectivity index (χ1) is 20.0. The summed E-state index contributed by atoms with van der Waals surface area (Å²) in [6.45, 7) is 1.91. The topological polar surface area (TPSA) is 102 Å². The minimum Gasteiger partial charge on any atom is -0.463 e. The highest BCUT2D eigenvalue weighted by Crippen LogP contribution is 2.42. The molecule has 2 aromatic carbocycles. The van der Waals surface area contributed by atoms with E-state index in [4.69, 9.17) is 9.47 Å². The van der Waals surface area contributed by atoms with Crippen molar-refractivity contribution in [2.24, 2.45) is 0 Å². The van der Waals surface area contributed by atoms with Gasteiger partial charge in [0.05, 0.1) is 13.0 Å². The Kier molecular flexibility index (Phi) is 9.01. The second kappa shape index (κ2) is 13.0. The fourth-order valence-electron chi connectivity index (χ4n) is 4.66. The Morgan fingerprint density at radius 1 is 1.02 bits per heavy atom. The summed E-state index contributed by atoms with van der Waals surface area (Å²) in [6.07, 6.45) is 2.18. The van der Waals surface area contributed by atoms with E-state index >= 15 is 0 Å². The molecular formula is C31H28N2O6S2. The normalized spacial score (nSPS) is 18.2. The van der Waals surface area contributed by atoms with Gasteiger partial charge in [0.15, 0.2) is 6.10 Å². The van der Waals surface area contributed by atoms with Gasteiger partial charge in [-0.05, 0) is 41.1 Å². The minimum atomic E-state index is -0.773. The van der Waals surface area contributed by atoms with Gasteiger partial charge in [-0.2, -0.15) is 0 Å². The van der Waals surface area contributed by atoms with Crippen LogP contribution < -0.4 is 5.32 Å². The molecule has 0 spiro atoms.